The molecule has 2 atom stereocenters. The Hall–Kier alpha value is -0.820. The van der Waals surface area contributed by atoms with Crippen molar-refractivity contribution >= 4 is 29.9 Å². The summed E-state index contributed by atoms with van der Waals surface area (Å²) in [5.74, 6) is 0.585. The Balaban J connectivity index is 0.00000192. The Labute approximate surface area is 156 Å². The number of rotatable bonds is 6. The van der Waals surface area contributed by atoms with Gasteiger partial charge < -0.3 is 15.8 Å². The highest BCUT2D eigenvalue weighted by atomic mass is 127. The number of nitrogens with one attached hydrogen (secondary N) is 1. The molecular weight excluding hydrogens is 401 g/mol. The highest BCUT2D eigenvalue weighted by Gasteiger charge is 2.59. The minimum atomic E-state index is 0. The molecule has 2 aliphatic carbocycles. The highest BCUT2D eigenvalue weighted by molar-refractivity contribution is 14.0. The molecule has 3 rings (SSSR count). The molecule has 2 unspecified atom stereocenters. The van der Waals surface area contributed by atoms with Crippen LogP contribution in [-0.2, 0) is 11.2 Å². The molecule has 2 aliphatic rings. The summed E-state index contributed by atoms with van der Waals surface area (Å²) in [6, 6.07) is 10.8. The summed E-state index contributed by atoms with van der Waals surface area (Å²) in [5, 5.41) is 3.43. The third-order valence-electron chi connectivity index (χ3n) is 5.28. The number of aliphatic imine (C=N–C) groups is 1. The predicted molar refractivity (Wildman–Crippen MR) is 105 cm³/mol. The molecule has 0 aliphatic heterocycles. The molecule has 0 amide bonds. The minimum Gasteiger partial charge on any atom is -0.378 e. The number of hydrogen-bond acceptors (Lipinski definition) is 2. The number of hydrogen-bond donors (Lipinski definition) is 2. The average molecular weight is 429 g/mol. The Bertz CT molecular complexity index is 516. The van der Waals surface area contributed by atoms with E-state index in [9.17, 15) is 0 Å². The molecule has 23 heavy (non-hydrogen) atoms. The molecule has 1 spiro atoms. The molecule has 0 aromatic heterocycles. The van der Waals surface area contributed by atoms with Crippen molar-refractivity contribution in [2.24, 2.45) is 16.1 Å². The van der Waals surface area contributed by atoms with Gasteiger partial charge in [-0.05, 0) is 38.2 Å². The minimum absolute atomic E-state index is 0. The summed E-state index contributed by atoms with van der Waals surface area (Å²) in [5.41, 5.74) is 7.70. The zero-order valence-electron chi connectivity index (χ0n) is 13.8. The van der Waals surface area contributed by atoms with E-state index in [1.165, 1.54) is 24.8 Å². The van der Waals surface area contributed by atoms with E-state index in [1.54, 1.807) is 0 Å². The Morgan fingerprint density at radius 1 is 1.35 bits per heavy atom. The van der Waals surface area contributed by atoms with Crippen molar-refractivity contribution in [3.05, 3.63) is 35.9 Å². The van der Waals surface area contributed by atoms with E-state index in [2.05, 4.69) is 41.5 Å². The van der Waals surface area contributed by atoms with Crippen LogP contribution in [0.1, 0.15) is 38.2 Å². The second-order valence-corrected chi connectivity index (χ2v) is 6.47. The molecule has 3 N–H and O–H groups in total. The van der Waals surface area contributed by atoms with Crippen LogP contribution in [0, 0.1) is 5.41 Å². The van der Waals surface area contributed by atoms with Crippen LogP contribution >= 0.6 is 24.0 Å². The third-order valence-corrected chi connectivity index (χ3v) is 5.28. The van der Waals surface area contributed by atoms with Gasteiger partial charge in [-0.15, -0.1) is 24.0 Å². The second kappa shape index (κ2) is 8.33. The van der Waals surface area contributed by atoms with Crippen molar-refractivity contribution in [1.82, 2.24) is 5.32 Å². The Morgan fingerprint density at radius 3 is 2.70 bits per heavy atom. The Kier molecular flexibility index (Phi) is 6.71. The first-order chi connectivity index (χ1) is 10.7. The van der Waals surface area contributed by atoms with Crippen molar-refractivity contribution in [2.75, 3.05) is 13.2 Å². The van der Waals surface area contributed by atoms with Crippen LogP contribution in [0.3, 0.4) is 0 Å². The van der Waals surface area contributed by atoms with E-state index in [4.69, 9.17) is 10.5 Å². The second-order valence-electron chi connectivity index (χ2n) is 6.47. The maximum atomic E-state index is 6.07. The highest BCUT2D eigenvalue weighted by Crippen LogP contribution is 2.57. The monoisotopic (exact) mass is 429 g/mol. The van der Waals surface area contributed by atoms with Crippen LogP contribution in [0.4, 0.5) is 0 Å². The summed E-state index contributed by atoms with van der Waals surface area (Å²) in [4.78, 5) is 4.48. The van der Waals surface area contributed by atoms with E-state index < -0.39 is 0 Å². The van der Waals surface area contributed by atoms with E-state index in [-0.39, 0.29) is 24.0 Å². The van der Waals surface area contributed by atoms with Gasteiger partial charge in [0.2, 0.25) is 0 Å². The van der Waals surface area contributed by atoms with E-state index >= 15 is 0 Å². The van der Waals surface area contributed by atoms with Gasteiger partial charge >= 0.3 is 0 Å². The van der Waals surface area contributed by atoms with Crippen molar-refractivity contribution in [1.29, 1.82) is 0 Å². The standard InChI is InChI=1S/C18H27N3O.HI/c1-2-22-16-13-15(18(16)10-6-11-18)21-17(19)20-12-9-14-7-4-3-5-8-14;/h3-5,7-8,15-16H,2,6,9-13H2,1H3,(H3,19,20,21);1H. The topological polar surface area (TPSA) is 59.6 Å². The lowest BCUT2D eigenvalue weighted by Crippen LogP contribution is -2.68. The van der Waals surface area contributed by atoms with Crippen LogP contribution in [0.15, 0.2) is 35.3 Å². The van der Waals surface area contributed by atoms with Gasteiger partial charge in [-0.1, -0.05) is 36.8 Å². The molecule has 0 bridgehead atoms. The normalized spacial score (nSPS) is 25.2. The lowest BCUT2D eigenvalue weighted by molar-refractivity contribution is -0.168. The third kappa shape index (κ3) is 3.99. The van der Waals surface area contributed by atoms with Crippen molar-refractivity contribution in [3.63, 3.8) is 0 Å². The van der Waals surface area contributed by atoms with Crippen molar-refractivity contribution in [3.8, 4) is 0 Å². The average Bonchev–Trinajstić information content (AvgIpc) is 2.45. The van der Waals surface area contributed by atoms with Gasteiger partial charge in [-0.2, -0.15) is 0 Å². The largest absolute Gasteiger partial charge is 0.378 e. The molecule has 0 heterocycles. The summed E-state index contributed by atoms with van der Waals surface area (Å²) >= 11 is 0. The van der Waals surface area contributed by atoms with Crippen LogP contribution < -0.4 is 11.1 Å². The number of nitrogens with two attached hydrogens (primary N) is 1. The number of halogens is 1. The van der Waals surface area contributed by atoms with E-state index in [0.717, 1.165) is 26.0 Å². The number of nitrogens with zero attached hydrogens (tertiary/aromatic N) is 1. The molecule has 2 fully saturated rings. The number of benzene rings is 1. The fraction of sp³-hybridized carbons (Fsp3) is 0.611. The van der Waals surface area contributed by atoms with Crippen LogP contribution in [0.5, 0.6) is 0 Å². The van der Waals surface area contributed by atoms with Crippen LogP contribution in [0.25, 0.3) is 0 Å². The molecule has 2 saturated carbocycles. The van der Waals surface area contributed by atoms with Gasteiger partial charge in [-0.25, -0.2) is 0 Å². The molecule has 1 aromatic rings. The first kappa shape index (κ1) is 18.5. The van der Waals surface area contributed by atoms with Gasteiger partial charge in [0.25, 0.3) is 0 Å². The van der Waals surface area contributed by atoms with Gasteiger partial charge in [-0.3, -0.25) is 4.99 Å². The maximum absolute atomic E-state index is 6.07. The summed E-state index contributed by atoms with van der Waals surface area (Å²) in [6.07, 6.45) is 6.23. The van der Waals surface area contributed by atoms with Crippen LogP contribution in [0.2, 0.25) is 0 Å². The van der Waals surface area contributed by atoms with Crippen molar-refractivity contribution < 1.29 is 4.74 Å². The van der Waals surface area contributed by atoms with Crippen LogP contribution in [-0.4, -0.2) is 31.3 Å². The molecule has 0 radical (unpaired) electrons. The summed E-state index contributed by atoms with van der Waals surface area (Å²) in [6.45, 7) is 3.61. The molecule has 4 nitrogen and oxygen atoms in total. The van der Waals surface area contributed by atoms with Crippen molar-refractivity contribution in [2.45, 2.75) is 51.2 Å². The predicted octanol–water partition coefficient (Wildman–Crippen LogP) is 3.10. The first-order valence-electron chi connectivity index (χ1n) is 8.46. The molecule has 1 aromatic carbocycles. The van der Waals surface area contributed by atoms with Gasteiger partial charge in [0.1, 0.15) is 0 Å². The lowest BCUT2D eigenvalue weighted by atomic mass is 9.51. The smallest absolute Gasteiger partial charge is 0.188 e. The lowest BCUT2D eigenvalue weighted by Gasteiger charge is -2.61. The fourth-order valence-corrected chi connectivity index (χ4v) is 3.81. The molecule has 128 valence electrons. The molecule has 0 saturated heterocycles. The maximum Gasteiger partial charge on any atom is 0.188 e. The first-order valence-corrected chi connectivity index (χ1v) is 8.46. The Morgan fingerprint density at radius 2 is 2.09 bits per heavy atom. The number of guanidine groups is 1. The van der Waals surface area contributed by atoms with E-state index in [1.807, 2.05) is 6.07 Å². The van der Waals surface area contributed by atoms with Gasteiger partial charge in [0.05, 0.1) is 6.10 Å². The molecule has 5 heteroatoms. The molecular formula is C18H28IN3O. The van der Waals surface area contributed by atoms with E-state index in [0.29, 0.717) is 23.5 Å². The fourth-order valence-electron chi connectivity index (χ4n) is 3.81. The van der Waals surface area contributed by atoms with Gasteiger partial charge in [0, 0.05) is 24.6 Å². The summed E-state index contributed by atoms with van der Waals surface area (Å²) in [7, 11) is 0. The zero-order chi connectivity index (χ0) is 15.4. The quantitative estimate of drug-likeness (QED) is 0.415. The SMILES string of the molecule is CCOC1CC(NC(N)=NCCc2ccccc2)C12CCC2.I. The van der Waals surface area contributed by atoms with Gasteiger partial charge in [0.15, 0.2) is 5.96 Å². The number of ether oxygens (including phenoxy) is 1. The summed E-state index contributed by atoms with van der Waals surface area (Å²) < 4.78 is 5.87. The zero-order valence-corrected chi connectivity index (χ0v) is 16.2.